The van der Waals surface area contributed by atoms with Gasteiger partial charge in [0.1, 0.15) is 0 Å². The molecule has 1 heterocycles. The summed E-state index contributed by atoms with van der Waals surface area (Å²) in [7, 11) is 0. The quantitative estimate of drug-likeness (QED) is 0.628. The summed E-state index contributed by atoms with van der Waals surface area (Å²) in [4.78, 5) is 2.99. The van der Waals surface area contributed by atoms with Crippen LogP contribution >= 0.6 is 0 Å². The molecule has 0 spiro atoms. The zero-order valence-corrected chi connectivity index (χ0v) is 9.39. The first-order valence-electron chi connectivity index (χ1n) is 4.90. The molecular formula is C11H22N2. The third kappa shape index (κ3) is 5.12. The molecule has 0 fully saturated rings. The molecule has 0 aromatic carbocycles. The highest BCUT2D eigenvalue weighted by atomic mass is 14.7. The molecule has 2 heteroatoms. The monoisotopic (exact) mass is 182 g/mol. The first-order valence-corrected chi connectivity index (χ1v) is 4.90. The Kier molecular flexibility index (Phi) is 11.9. The Morgan fingerprint density at radius 2 is 1.77 bits per heavy atom. The van der Waals surface area contributed by atoms with Crippen molar-refractivity contribution in [2.45, 2.75) is 34.6 Å². The third-order valence-corrected chi connectivity index (χ3v) is 1.29. The van der Waals surface area contributed by atoms with E-state index in [1.165, 1.54) is 0 Å². The number of hydrogen-bond donors (Lipinski definition) is 2. The van der Waals surface area contributed by atoms with E-state index >= 15 is 0 Å². The van der Waals surface area contributed by atoms with Gasteiger partial charge in [0.2, 0.25) is 0 Å². The Bertz CT molecular complexity index is 255. The molecule has 0 aliphatic carbocycles. The van der Waals surface area contributed by atoms with Crippen molar-refractivity contribution in [2.24, 2.45) is 5.73 Å². The summed E-state index contributed by atoms with van der Waals surface area (Å²) in [6.07, 6.45) is 5.44. The van der Waals surface area contributed by atoms with Gasteiger partial charge in [-0.25, -0.2) is 0 Å². The molecule has 1 aromatic rings. The molecule has 2 nitrogen and oxygen atoms in total. The highest BCUT2D eigenvalue weighted by Gasteiger charge is 1.78. The molecule has 0 aliphatic heterocycles. The van der Waals surface area contributed by atoms with Gasteiger partial charge < -0.3 is 10.7 Å². The summed E-state index contributed by atoms with van der Waals surface area (Å²) in [5.74, 6) is 0. The fraction of sp³-hybridized carbons (Fsp3) is 0.455. The van der Waals surface area contributed by atoms with Gasteiger partial charge >= 0.3 is 0 Å². The van der Waals surface area contributed by atoms with E-state index in [1.807, 2.05) is 53.0 Å². The van der Waals surface area contributed by atoms with Gasteiger partial charge in [-0.1, -0.05) is 33.8 Å². The maximum Gasteiger partial charge on any atom is 0.0608 e. The molecule has 0 saturated heterocycles. The van der Waals surface area contributed by atoms with Gasteiger partial charge in [-0.15, -0.1) is 0 Å². The lowest BCUT2D eigenvalue weighted by Crippen LogP contribution is -2.23. The SMILES string of the molecule is C/C=c1/cc[nH]/c1=C/N.CC.CC. The Balaban J connectivity index is 0. The van der Waals surface area contributed by atoms with Crippen LogP contribution in [0.5, 0.6) is 0 Å². The Hall–Kier alpha value is -1.18. The number of hydrogen-bond acceptors (Lipinski definition) is 1. The van der Waals surface area contributed by atoms with Gasteiger partial charge in [-0.2, -0.15) is 0 Å². The standard InChI is InChI=1S/C7H10N2.2C2H6/c1-2-6-3-4-9-7(6)5-8;2*1-2/h2-5,9H,8H2,1H3;2*1-2H3/b6-2-,7-5+;;. The van der Waals surface area contributed by atoms with Crippen molar-refractivity contribution in [3.63, 3.8) is 0 Å². The van der Waals surface area contributed by atoms with Crippen molar-refractivity contribution in [1.29, 1.82) is 0 Å². The largest absolute Gasteiger partial charge is 0.403 e. The summed E-state index contributed by atoms with van der Waals surface area (Å²) in [5.41, 5.74) is 5.29. The van der Waals surface area contributed by atoms with Crippen molar-refractivity contribution in [3.05, 3.63) is 22.8 Å². The van der Waals surface area contributed by atoms with E-state index < -0.39 is 0 Å². The molecule has 0 saturated carbocycles. The predicted octanol–water partition coefficient (Wildman–Crippen LogP) is 1.56. The van der Waals surface area contributed by atoms with Crippen LogP contribution in [0.15, 0.2) is 12.3 Å². The summed E-state index contributed by atoms with van der Waals surface area (Å²) < 4.78 is 0. The average Bonchev–Trinajstić information content (AvgIpc) is 2.70. The van der Waals surface area contributed by atoms with Gasteiger partial charge in [0.05, 0.1) is 5.35 Å². The summed E-state index contributed by atoms with van der Waals surface area (Å²) >= 11 is 0. The second-order valence-corrected chi connectivity index (χ2v) is 1.80. The van der Waals surface area contributed by atoms with Crippen LogP contribution in [0.25, 0.3) is 12.3 Å². The van der Waals surface area contributed by atoms with Crippen LogP contribution in [0.3, 0.4) is 0 Å². The van der Waals surface area contributed by atoms with Crippen molar-refractivity contribution < 1.29 is 0 Å². The normalized spacial score (nSPS) is 11.2. The van der Waals surface area contributed by atoms with E-state index in [1.54, 1.807) is 6.20 Å². The number of nitrogens with two attached hydrogens (primary N) is 1. The van der Waals surface area contributed by atoms with Gasteiger partial charge in [0, 0.05) is 12.4 Å². The second-order valence-electron chi connectivity index (χ2n) is 1.80. The lowest BCUT2D eigenvalue weighted by Gasteiger charge is -1.73. The molecule has 0 aliphatic rings. The molecule has 1 aromatic heterocycles. The Labute approximate surface area is 81.2 Å². The van der Waals surface area contributed by atoms with Gasteiger partial charge in [-0.3, -0.25) is 0 Å². The molecule has 0 atom stereocenters. The fourth-order valence-corrected chi connectivity index (χ4v) is 0.790. The molecule has 0 unspecified atom stereocenters. The third-order valence-electron chi connectivity index (χ3n) is 1.29. The molecule has 0 bridgehead atoms. The van der Waals surface area contributed by atoms with E-state index in [2.05, 4.69) is 4.98 Å². The second kappa shape index (κ2) is 10.8. The predicted molar refractivity (Wildman–Crippen MR) is 61.5 cm³/mol. The minimum atomic E-state index is 0.984. The molecular weight excluding hydrogens is 160 g/mol. The zero-order chi connectivity index (χ0) is 10.7. The van der Waals surface area contributed by atoms with Crippen molar-refractivity contribution in [2.75, 3.05) is 0 Å². The number of H-pyrrole nitrogens is 1. The maximum atomic E-state index is 5.29. The first-order chi connectivity index (χ1) is 6.38. The smallest absolute Gasteiger partial charge is 0.0608 e. The van der Waals surface area contributed by atoms with Crippen LogP contribution in [0, 0.1) is 0 Å². The van der Waals surface area contributed by atoms with Crippen LogP contribution in [0.2, 0.25) is 0 Å². The molecule has 0 amide bonds. The maximum absolute atomic E-state index is 5.29. The highest BCUT2D eigenvalue weighted by molar-refractivity contribution is 5.24. The minimum absolute atomic E-state index is 0.984. The van der Waals surface area contributed by atoms with Gasteiger partial charge in [0.15, 0.2) is 0 Å². The lowest BCUT2D eigenvalue weighted by molar-refractivity contribution is 1.30. The van der Waals surface area contributed by atoms with E-state index in [0.29, 0.717) is 0 Å². The first kappa shape index (κ1) is 14.3. The molecule has 76 valence electrons. The van der Waals surface area contributed by atoms with E-state index in [9.17, 15) is 0 Å². The van der Waals surface area contributed by atoms with Crippen molar-refractivity contribution in [1.82, 2.24) is 4.98 Å². The van der Waals surface area contributed by atoms with E-state index in [-0.39, 0.29) is 0 Å². The molecule has 13 heavy (non-hydrogen) atoms. The number of rotatable bonds is 0. The summed E-state index contributed by atoms with van der Waals surface area (Å²) in [5, 5.41) is 2.13. The van der Waals surface area contributed by atoms with Crippen molar-refractivity contribution >= 4 is 12.3 Å². The highest BCUT2D eigenvalue weighted by Crippen LogP contribution is 1.60. The molecule has 0 radical (unpaired) electrons. The number of aromatic nitrogens is 1. The van der Waals surface area contributed by atoms with E-state index in [0.717, 1.165) is 10.6 Å². The summed E-state index contributed by atoms with van der Waals surface area (Å²) in [6.45, 7) is 9.98. The van der Waals surface area contributed by atoms with E-state index in [4.69, 9.17) is 5.73 Å². The van der Waals surface area contributed by atoms with Crippen LogP contribution in [-0.4, -0.2) is 4.98 Å². The van der Waals surface area contributed by atoms with Gasteiger partial charge in [-0.05, 0) is 18.2 Å². The zero-order valence-electron chi connectivity index (χ0n) is 9.39. The average molecular weight is 182 g/mol. The van der Waals surface area contributed by atoms with Crippen LogP contribution in [-0.2, 0) is 0 Å². The Morgan fingerprint density at radius 3 is 2.08 bits per heavy atom. The van der Waals surface area contributed by atoms with Gasteiger partial charge in [0.25, 0.3) is 0 Å². The Morgan fingerprint density at radius 1 is 1.23 bits per heavy atom. The lowest BCUT2D eigenvalue weighted by atomic mass is 10.4. The van der Waals surface area contributed by atoms with Crippen LogP contribution < -0.4 is 16.3 Å². The van der Waals surface area contributed by atoms with Crippen molar-refractivity contribution in [3.8, 4) is 0 Å². The molecule has 1 rings (SSSR count). The molecule has 3 N–H and O–H groups in total. The topological polar surface area (TPSA) is 41.8 Å². The fourth-order valence-electron chi connectivity index (χ4n) is 0.790. The van der Waals surface area contributed by atoms with Crippen LogP contribution in [0.4, 0.5) is 0 Å². The van der Waals surface area contributed by atoms with Crippen LogP contribution in [0.1, 0.15) is 34.6 Å². The number of nitrogens with one attached hydrogen (secondary N) is 1. The number of aromatic amines is 1. The summed E-state index contributed by atoms with van der Waals surface area (Å²) in [6, 6.07) is 1.98. The minimum Gasteiger partial charge on any atom is -0.403 e.